The predicted molar refractivity (Wildman–Crippen MR) is 99.8 cm³/mol. The normalized spacial score (nSPS) is 11.2. The summed E-state index contributed by atoms with van der Waals surface area (Å²) in [6.45, 7) is 6.57. The molecule has 0 atom stereocenters. The van der Waals surface area contributed by atoms with Crippen molar-refractivity contribution in [2.45, 2.75) is 32.9 Å². The molecule has 134 valence electrons. The smallest absolute Gasteiger partial charge is 0.262 e. The second-order valence-corrected chi connectivity index (χ2v) is 6.74. The van der Waals surface area contributed by atoms with Crippen molar-refractivity contribution in [3.05, 3.63) is 59.7 Å². The van der Waals surface area contributed by atoms with Crippen LogP contribution in [0.15, 0.2) is 48.5 Å². The van der Waals surface area contributed by atoms with Crippen LogP contribution in [-0.2, 0) is 11.3 Å². The van der Waals surface area contributed by atoms with Gasteiger partial charge in [-0.25, -0.2) is 0 Å². The summed E-state index contributed by atoms with van der Waals surface area (Å²) < 4.78 is 5.51. The first-order chi connectivity index (χ1) is 11.9. The summed E-state index contributed by atoms with van der Waals surface area (Å²) in [5.41, 5.74) is 2.67. The highest BCUT2D eigenvalue weighted by Crippen LogP contribution is 2.14. The second kappa shape index (κ2) is 8.65. The Kier molecular flexibility index (Phi) is 6.56. The summed E-state index contributed by atoms with van der Waals surface area (Å²) in [4.78, 5) is 11.9. The summed E-state index contributed by atoms with van der Waals surface area (Å²) in [6.07, 6.45) is 0. The molecule has 25 heavy (non-hydrogen) atoms. The molecule has 5 heteroatoms. The van der Waals surface area contributed by atoms with E-state index in [0.29, 0.717) is 12.3 Å². The fourth-order valence-corrected chi connectivity index (χ4v) is 2.08. The Morgan fingerprint density at radius 3 is 2.32 bits per heavy atom. The number of hydrogen-bond acceptors (Lipinski definition) is 4. The van der Waals surface area contributed by atoms with E-state index in [1.54, 1.807) is 0 Å². The van der Waals surface area contributed by atoms with Crippen LogP contribution in [0.5, 0.6) is 5.75 Å². The molecule has 0 aromatic heterocycles. The number of aliphatic hydroxyl groups is 1. The van der Waals surface area contributed by atoms with E-state index in [0.717, 1.165) is 16.8 Å². The third kappa shape index (κ3) is 6.57. The molecule has 1 amide bonds. The summed E-state index contributed by atoms with van der Waals surface area (Å²) >= 11 is 0. The lowest BCUT2D eigenvalue weighted by Crippen LogP contribution is -2.42. The molecule has 0 bridgehead atoms. The van der Waals surface area contributed by atoms with Crippen LogP contribution >= 0.6 is 0 Å². The van der Waals surface area contributed by atoms with Crippen LogP contribution in [-0.4, -0.2) is 29.8 Å². The van der Waals surface area contributed by atoms with Crippen molar-refractivity contribution in [3.63, 3.8) is 0 Å². The van der Waals surface area contributed by atoms with Gasteiger partial charge in [-0.15, -0.1) is 0 Å². The zero-order valence-corrected chi connectivity index (χ0v) is 15.0. The van der Waals surface area contributed by atoms with Gasteiger partial charge in [-0.05, 0) is 50.6 Å². The molecule has 3 N–H and O–H groups in total. The number of aliphatic hydroxyl groups excluding tert-OH is 1. The minimum absolute atomic E-state index is 0.0387. The maximum Gasteiger partial charge on any atom is 0.262 e. The monoisotopic (exact) mass is 342 g/mol. The predicted octanol–water partition coefficient (Wildman–Crippen LogP) is 2.87. The van der Waals surface area contributed by atoms with Crippen LogP contribution in [0.1, 0.15) is 25.0 Å². The average molecular weight is 342 g/mol. The Hall–Kier alpha value is -2.37. The largest absolute Gasteiger partial charge is 0.484 e. The number of amides is 1. The first-order valence-corrected chi connectivity index (χ1v) is 8.32. The quantitative estimate of drug-likeness (QED) is 0.690. The van der Waals surface area contributed by atoms with Crippen molar-refractivity contribution < 1.29 is 14.6 Å². The zero-order valence-electron chi connectivity index (χ0n) is 15.0. The van der Waals surface area contributed by atoms with Gasteiger partial charge in [0.2, 0.25) is 0 Å². The van der Waals surface area contributed by atoms with Crippen LogP contribution in [0.25, 0.3) is 0 Å². The fraction of sp³-hybridized carbons (Fsp3) is 0.350. The van der Waals surface area contributed by atoms with Gasteiger partial charge < -0.3 is 20.5 Å². The molecule has 0 spiro atoms. The minimum Gasteiger partial charge on any atom is -0.484 e. The molecule has 0 saturated heterocycles. The van der Waals surface area contributed by atoms with Gasteiger partial charge in [-0.1, -0.05) is 29.8 Å². The van der Waals surface area contributed by atoms with Gasteiger partial charge >= 0.3 is 0 Å². The number of carbonyl (C=O) groups excluding carboxylic acids is 1. The molecular weight excluding hydrogens is 316 g/mol. The Bertz CT molecular complexity index is 679. The fourth-order valence-electron chi connectivity index (χ4n) is 2.08. The first kappa shape index (κ1) is 19.0. The van der Waals surface area contributed by atoms with Gasteiger partial charge in [0.25, 0.3) is 5.91 Å². The maximum absolute atomic E-state index is 11.9. The number of aryl methyl sites for hydroxylation is 1. The highest BCUT2D eigenvalue weighted by Gasteiger charge is 2.14. The van der Waals surface area contributed by atoms with E-state index in [4.69, 9.17) is 4.74 Å². The molecule has 2 rings (SSSR count). The molecule has 0 fully saturated rings. The third-order valence-corrected chi connectivity index (χ3v) is 3.79. The van der Waals surface area contributed by atoms with Crippen LogP contribution in [0.3, 0.4) is 0 Å². The van der Waals surface area contributed by atoms with E-state index >= 15 is 0 Å². The molecule has 2 aromatic rings. The van der Waals surface area contributed by atoms with Crippen molar-refractivity contribution >= 4 is 11.6 Å². The van der Waals surface area contributed by atoms with Gasteiger partial charge in [0.05, 0.1) is 6.61 Å². The van der Waals surface area contributed by atoms with Crippen molar-refractivity contribution in [1.29, 1.82) is 0 Å². The number of anilines is 1. The van der Waals surface area contributed by atoms with E-state index in [-0.39, 0.29) is 24.7 Å². The van der Waals surface area contributed by atoms with E-state index in [9.17, 15) is 9.90 Å². The van der Waals surface area contributed by atoms with Gasteiger partial charge in [-0.2, -0.15) is 0 Å². The molecule has 0 unspecified atom stereocenters. The number of rotatable bonds is 8. The van der Waals surface area contributed by atoms with E-state index in [1.807, 2.05) is 69.3 Å². The topological polar surface area (TPSA) is 70.6 Å². The lowest BCUT2D eigenvalue weighted by atomic mass is 10.1. The van der Waals surface area contributed by atoms with Crippen LogP contribution in [0.2, 0.25) is 0 Å². The molecule has 2 aromatic carbocycles. The number of hydrogen-bond donors (Lipinski definition) is 3. The lowest BCUT2D eigenvalue weighted by Gasteiger charge is -2.23. The molecular formula is C20H26N2O3. The van der Waals surface area contributed by atoms with Crippen LogP contribution in [0.4, 0.5) is 5.69 Å². The van der Waals surface area contributed by atoms with Crippen LogP contribution < -0.4 is 15.4 Å². The molecule has 0 heterocycles. The number of ether oxygens (including phenoxy) is 1. The maximum atomic E-state index is 11.9. The number of carbonyl (C=O) groups is 1. The van der Waals surface area contributed by atoms with Crippen molar-refractivity contribution in [3.8, 4) is 5.75 Å². The van der Waals surface area contributed by atoms with Gasteiger partial charge in [0.1, 0.15) is 5.75 Å². The Morgan fingerprint density at radius 2 is 1.72 bits per heavy atom. The summed E-state index contributed by atoms with van der Waals surface area (Å²) in [5, 5.41) is 15.3. The van der Waals surface area contributed by atoms with E-state index in [1.165, 1.54) is 0 Å². The van der Waals surface area contributed by atoms with Crippen molar-refractivity contribution in [2.24, 2.45) is 0 Å². The Labute approximate surface area is 149 Å². The van der Waals surface area contributed by atoms with Crippen molar-refractivity contribution in [1.82, 2.24) is 5.32 Å². The Morgan fingerprint density at radius 1 is 1.08 bits per heavy atom. The number of benzene rings is 2. The van der Waals surface area contributed by atoms with Crippen molar-refractivity contribution in [2.75, 3.05) is 18.5 Å². The van der Waals surface area contributed by atoms with Gasteiger partial charge in [0.15, 0.2) is 6.61 Å². The van der Waals surface area contributed by atoms with Gasteiger partial charge in [-0.3, -0.25) is 4.79 Å². The molecule has 0 aliphatic rings. The molecule has 0 aliphatic heterocycles. The SMILES string of the molecule is Cc1ccc(NC(=O)COc2ccc(CNC(C)(C)CO)cc2)cc1. The minimum atomic E-state index is -0.316. The molecule has 0 aliphatic carbocycles. The van der Waals surface area contributed by atoms with Gasteiger partial charge in [0, 0.05) is 17.8 Å². The van der Waals surface area contributed by atoms with Crippen LogP contribution in [0, 0.1) is 6.92 Å². The first-order valence-electron chi connectivity index (χ1n) is 8.32. The standard InChI is InChI=1S/C20H26N2O3/c1-15-4-8-17(9-5-15)22-19(24)13-25-18-10-6-16(7-11-18)12-21-20(2,3)14-23/h4-11,21,23H,12-14H2,1-3H3,(H,22,24). The lowest BCUT2D eigenvalue weighted by molar-refractivity contribution is -0.118. The summed E-state index contributed by atoms with van der Waals surface area (Å²) in [7, 11) is 0. The number of nitrogens with one attached hydrogen (secondary N) is 2. The molecule has 0 saturated carbocycles. The highest BCUT2D eigenvalue weighted by atomic mass is 16.5. The molecule has 5 nitrogen and oxygen atoms in total. The Balaban J connectivity index is 1.79. The second-order valence-electron chi connectivity index (χ2n) is 6.74. The zero-order chi connectivity index (χ0) is 18.3. The summed E-state index contributed by atoms with van der Waals surface area (Å²) in [5.74, 6) is 0.448. The van der Waals surface area contributed by atoms with E-state index < -0.39 is 0 Å². The molecule has 0 radical (unpaired) electrons. The van der Waals surface area contributed by atoms with E-state index in [2.05, 4.69) is 10.6 Å². The third-order valence-electron chi connectivity index (χ3n) is 3.79. The summed E-state index contributed by atoms with van der Waals surface area (Å²) in [6, 6.07) is 15.2. The average Bonchev–Trinajstić information content (AvgIpc) is 2.61. The highest BCUT2D eigenvalue weighted by molar-refractivity contribution is 5.91.